The molecule has 11 aromatic rings. The van der Waals surface area contributed by atoms with E-state index in [1.807, 2.05) is 0 Å². The first-order valence-electron chi connectivity index (χ1n) is 15.5. The Bertz CT molecular complexity index is 3040. The molecule has 7 aromatic carbocycles. The van der Waals surface area contributed by atoms with Gasteiger partial charge >= 0.3 is 6.01 Å². The number of para-hydroxylation sites is 2. The zero-order chi connectivity index (χ0) is 29.9. The topological polar surface area (TPSA) is 35.9 Å². The van der Waals surface area contributed by atoms with Crippen LogP contribution in [0.3, 0.4) is 0 Å². The minimum absolute atomic E-state index is 0.583. The summed E-state index contributed by atoms with van der Waals surface area (Å²) in [4.78, 5) is 5.07. The average Bonchev–Trinajstić information content (AvgIpc) is 3.86. The lowest BCUT2D eigenvalue weighted by Crippen LogP contribution is -1.96. The van der Waals surface area contributed by atoms with Gasteiger partial charge in [0.1, 0.15) is 5.52 Å². The third kappa shape index (κ3) is 3.14. The van der Waals surface area contributed by atoms with E-state index in [0.29, 0.717) is 6.01 Å². The highest BCUT2D eigenvalue weighted by atomic mass is 32.1. The Morgan fingerprint density at radius 3 is 2.07 bits per heavy atom. The van der Waals surface area contributed by atoms with E-state index >= 15 is 0 Å². The van der Waals surface area contributed by atoms with E-state index in [1.54, 1.807) is 11.3 Å². The molecule has 0 amide bonds. The van der Waals surface area contributed by atoms with Crippen molar-refractivity contribution in [3.05, 3.63) is 140 Å². The highest BCUT2D eigenvalue weighted by Gasteiger charge is 2.21. The zero-order valence-electron chi connectivity index (χ0n) is 24.4. The summed E-state index contributed by atoms with van der Waals surface area (Å²) in [6.07, 6.45) is 0. The first-order chi connectivity index (χ1) is 22.8. The molecule has 0 unspecified atom stereocenters. The Morgan fingerprint density at radius 2 is 1.17 bits per heavy atom. The van der Waals surface area contributed by atoms with E-state index in [0.717, 1.165) is 38.6 Å². The number of nitrogens with zero attached hydrogens (tertiary/aromatic N) is 3. The minimum atomic E-state index is 0.583. The molecule has 5 heteroatoms. The normalized spacial score (nSPS) is 12.3. The van der Waals surface area contributed by atoms with Gasteiger partial charge in [-0.2, -0.15) is 4.98 Å². The Labute approximate surface area is 265 Å². The highest BCUT2D eigenvalue weighted by molar-refractivity contribution is 7.26. The molecular weight excluding hydrogens is 583 g/mol. The van der Waals surface area contributed by atoms with Crippen LogP contribution in [0.4, 0.5) is 0 Å². The standard InChI is InChI=1S/C41H23N3OS/c1-2-10-26-24(9-1)17-20-35-38(26)28-12-4-7-15-33(28)43(35)25-18-21-34-30(23-25)27-11-3-6-14-32(27)44(34)41-42-31-19-22-37-39(40(31)45-41)29-13-5-8-16-36(29)46-37/h1-23H. The van der Waals surface area contributed by atoms with Crippen LogP contribution >= 0.6 is 11.3 Å². The van der Waals surface area contributed by atoms with E-state index in [9.17, 15) is 0 Å². The van der Waals surface area contributed by atoms with Crippen LogP contribution in [-0.2, 0) is 0 Å². The summed E-state index contributed by atoms with van der Waals surface area (Å²) in [5.41, 5.74) is 7.36. The van der Waals surface area contributed by atoms with Crippen LogP contribution in [0, 0.1) is 0 Å². The van der Waals surface area contributed by atoms with Gasteiger partial charge in [-0.05, 0) is 65.4 Å². The first-order valence-corrected chi connectivity index (χ1v) is 16.3. The second-order valence-corrected chi connectivity index (χ2v) is 13.1. The molecule has 0 aliphatic rings. The number of benzene rings is 7. The van der Waals surface area contributed by atoms with Gasteiger partial charge in [0.05, 0.1) is 22.1 Å². The lowest BCUT2D eigenvalue weighted by Gasteiger charge is -2.09. The molecular formula is C41H23N3OS. The molecule has 0 bridgehead atoms. The van der Waals surface area contributed by atoms with Crippen molar-refractivity contribution in [2.45, 2.75) is 0 Å². The Balaban J connectivity index is 1.19. The molecule has 0 spiro atoms. The molecule has 46 heavy (non-hydrogen) atoms. The number of fused-ring (bicyclic) bond motifs is 13. The largest absolute Gasteiger partial charge is 0.422 e. The lowest BCUT2D eigenvalue weighted by molar-refractivity contribution is 0.577. The molecule has 4 heterocycles. The summed E-state index contributed by atoms with van der Waals surface area (Å²) in [5.74, 6) is 0. The summed E-state index contributed by atoms with van der Waals surface area (Å²) >= 11 is 1.79. The predicted octanol–water partition coefficient (Wildman–Crippen LogP) is 11.5. The smallest absolute Gasteiger partial charge is 0.307 e. The van der Waals surface area contributed by atoms with Crippen molar-refractivity contribution in [2.75, 3.05) is 0 Å². The monoisotopic (exact) mass is 605 g/mol. The van der Waals surface area contributed by atoms with Crippen LogP contribution in [0.15, 0.2) is 144 Å². The highest BCUT2D eigenvalue weighted by Crippen LogP contribution is 2.42. The van der Waals surface area contributed by atoms with Gasteiger partial charge < -0.3 is 8.98 Å². The maximum Gasteiger partial charge on any atom is 0.307 e. The predicted molar refractivity (Wildman–Crippen MR) is 193 cm³/mol. The fraction of sp³-hybridized carbons (Fsp3) is 0. The van der Waals surface area contributed by atoms with Gasteiger partial charge in [-0.3, -0.25) is 4.57 Å². The van der Waals surface area contributed by atoms with Crippen molar-refractivity contribution in [2.24, 2.45) is 0 Å². The van der Waals surface area contributed by atoms with Gasteiger partial charge in [-0.1, -0.05) is 84.9 Å². The van der Waals surface area contributed by atoms with E-state index in [4.69, 9.17) is 9.40 Å². The van der Waals surface area contributed by atoms with Crippen molar-refractivity contribution in [3.63, 3.8) is 0 Å². The number of rotatable bonds is 2. The Hall–Kier alpha value is -5.91. The van der Waals surface area contributed by atoms with Crippen LogP contribution < -0.4 is 0 Å². The van der Waals surface area contributed by atoms with E-state index < -0.39 is 0 Å². The van der Waals surface area contributed by atoms with Crippen LogP contribution in [-0.4, -0.2) is 14.1 Å². The van der Waals surface area contributed by atoms with Gasteiger partial charge in [0, 0.05) is 47.4 Å². The number of thiophene rings is 1. The van der Waals surface area contributed by atoms with Crippen LogP contribution in [0.5, 0.6) is 0 Å². The van der Waals surface area contributed by atoms with Crippen LogP contribution in [0.1, 0.15) is 0 Å². The summed E-state index contributed by atoms with van der Waals surface area (Å²) < 4.78 is 13.8. The first kappa shape index (κ1) is 24.4. The second kappa shape index (κ2) is 8.84. The van der Waals surface area contributed by atoms with E-state index in [2.05, 4.69) is 149 Å². The molecule has 0 atom stereocenters. The number of hydrogen-bond acceptors (Lipinski definition) is 3. The molecule has 4 aromatic heterocycles. The van der Waals surface area contributed by atoms with Gasteiger partial charge in [0.15, 0.2) is 5.58 Å². The van der Waals surface area contributed by atoms with Gasteiger partial charge in [-0.25, -0.2) is 0 Å². The maximum atomic E-state index is 6.72. The van der Waals surface area contributed by atoms with Crippen LogP contribution in [0.25, 0.3) is 97.4 Å². The zero-order valence-corrected chi connectivity index (χ0v) is 25.3. The SMILES string of the molecule is c1ccc2c(c1)ccc1c2c2ccccc2n1-c1ccc2c(c1)c1ccccc1n2-c1nc2ccc3sc4ccccc4c3c2o1. The molecule has 0 N–H and O–H groups in total. The fourth-order valence-electron chi connectivity index (χ4n) is 7.60. The summed E-state index contributed by atoms with van der Waals surface area (Å²) in [5, 5.41) is 9.75. The molecule has 11 rings (SSSR count). The van der Waals surface area contributed by atoms with Gasteiger partial charge in [0.25, 0.3) is 0 Å². The Kier molecular flexibility index (Phi) is 4.69. The van der Waals surface area contributed by atoms with Crippen molar-refractivity contribution < 1.29 is 4.42 Å². The van der Waals surface area contributed by atoms with Crippen molar-refractivity contribution in [3.8, 4) is 11.7 Å². The number of hydrogen-bond donors (Lipinski definition) is 0. The van der Waals surface area contributed by atoms with Crippen molar-refractivity contribution in [1.82, 2.24) is 14.1 Å². The van der Waals surface area contributed by atoms with Gasteiger partial charge in [-0.15, -0.1) is 11.3 Å². The molecule has 0 saturated heterocycles. The van der Waals surface area contributed by atoms with Crippen LogP contribution in [0.2, 0.25) is 0 Å². The average molecular weight is 606 g/mol. The molecule has 0 radical (unpaired) electrons. The molecule has 4 nitrogen and oxygen atoms in total. The second-order valence-electron chi connectivity index (χ2n) is 12.0. The van der Waals surface area contributed by atoms with Gasteiger partial charge in [0.2, 0.25) is 0 Å². The van der Waals surface area contributed by atoms with Crippen molar-refractivity contribution >= 4 is 97.0 Å². The third-order valence-corrected chi connectivity index (χ3v) is 10.7. The Morgan fingerprint density at radius 1 is 0.478 bits per heavy atom. The van der Waals surface area contributed by atoms with Crippen molar-refractivity contribution in [1.29, 1.82) is 0 Å². The molecule has 0 aliphatic carbocycles. The molecule has 214 valence electrons. The summed E-state index contributed by atoms with van der Waals surface area (Å²) in [6.45, 7) is 0. The molecule has 0 aliphatic heterocycles. The number of oxazole rings is 1. The molecule has 0 fully saturated rings. The molecule has 0 saturated carbocycles. The van der Waals surface area contributed by atoms with E-state index in [-0.39, 0.29) is 0 Å². The van der Waals surface area contributed by atoms with E-state index in [1.165, 1.54) is 52.8 Å². The minimum Gasteiger partial charge on any atom is -0.422 e. The quantitative estimate of drug-likeness (QED) is 0.196. The fourth-order valence-corrected chi connectivity index (χ4v) is 8.71. The summed E-state index contributed by atoms with van der Waals surface area (Å²) in [7, 11) is 0. The lowest BCUT2D eigenvalue weighted by atomic mass is 10.0. The number of aromatic nitrogens is 3. The summed E-state index contributed by atoms with van der Waals surface area (Å²) in [6, 6.07) is 50.6. The third-order valence-electron chi connectivity index (χ3n) is 9.55. The maximum absolute atomic E-state index is 6.72.